The number of hydrazine groups is 1. The van der Waals surface area contributed by atoms with Crippen molar-refractivity contribution in [1.29, 1.82) is 0 Å². The number of nitrogens with one attached hydrogen (secondary N) is 3. The monoisotopic (exact) mass is 391 g/mol. The Kier molecular flexibility index (Phi) is 6.76. The number of nitrogens with zero attached hydrogens (tertiary/aromatic N) is 2. The fraction of sp³-hybridized carbons (Fsp3) is 0.227. The molecule has 29 heavy (non-hydrogen) atoms. The van der Waals surface area contributed by atoms with E-state index in [4.69, 9.17) is 0 Å². The lowest BCUT2D eigenvalue weighted by atomic mass is 10.1. The van der Waals surface area contributed by atoms with Gasteiger partial charge >= 0.3 is 0 Å². The molecule has 7 heteroatoms. The van der Waals surface area contributed by atoms with E-state index in [0.717, 1.165) is 30.8 Å². The van der Waals surface area contributed by atoms with Crippen molar-refractivity contribution in [3.8, 4) is 11.3 Å². The SMILES string of the molecule is CCN(CC)Cc1ccc(C(=O)NNC(=O)c2cc(-c3ccccc3)n[nH]2)cc1. The first-order valence-electron chi connectivity index (χ1n) is 9.63. The van der Waals surface area contributed by atoms with Crippen molar-refractivity contribution in [1.82, 2.24) is 25.9 Å². The summed E-state index contributed by atoms with van der Waals surface area (Å²) in [6.07, 6.45) is 0. The Morgan fingerprint density at radius 1 is 0.931 bits per heavy atom. The molecule has 3 N–H and O–H groups in total. The standard InChI is InChI=1S/C22H25N5O2/c1-3-27(4-2)15-16-10-12-18(13-11-16)21(28)25-26-22(29)20-14-19(23-24-20)17-8-6-5-7-9-17/h5-14H,3-4,15H2,1-2H3,(H,23,24)(H,25,28)(H,26,29). The zero-order chi connectivity index (χ0) is 20.6. The molecule has 3 aromatic rings. The van der Waals surface area contributed by atoms with Gasteiger partial charge in [0, 0.05) is 17.7 Å². The fourth-order valence-corrected chi connectivity index (χ4v) is 2.91. The number of benzene rings is 2. The second-order valence-electron chi connectivity index (χ2n) is 6.60. The molecule has 0 saturated heterocycles. The van der Waals surface area contributed by atoms with Gasteiger partial charge in [-0.1, -0.05) is 56.3 Å². The molecule has 2 aromatic carbocycles. The Hall–Kier alpha value is -3.45. The smallest absolute Gasteiger partial charge is 0.287 e. The molecule has 7 nitrogen and oxygen atoms in total. The van der Waals surface area contributed by atoms with Gasteiger partial charge in [0.15, 0.2) is 0 Å². The molecule has 0 aliphatic rings. The third kappa shape index (κ3) is 5.30. The predicted molar refractivity (Wildman–Crippen MR) is 112 cm³/mol. The normalized spacial score (nSPS) is 10.7. The van der Waals surface area contributed by atoms with Gasteiger partial charge in [0.1, 0.15) is 5.69 Å². The van der Waals surface area contributed by atoms with Crippen LogP contribution < -0.4 is 10.9 Å². The Morgan fingerprint density at radius 2 is 1.59 bits per heavy atom. The summed E-state index contributed by atoms with van der Waals surface area (Å²) in [4.78, 5) is 26.8. The molecule has 150 valence electrons. The maximum atomic E-state index is 12.3. The highest BCUT2D eigenvalue weighted by atomic mass is 16.2. The quantitative estimate of drug-likeness (QED) is 0.540. The molecule has 0 bridgehead atoms. The predicted octanol–water partition coefficient (Wildman–Crippen LogP) is 2.99. The largest absolute Gasteiger partial charge is 0.300 e. The van der Waals surface area contributed by atoms with Crippen LogP contribution in [0.1, 0.15) is 40.3 Å². The number of carbonyl (C=O) groups is 2. The Morgan fingerprint density at radius 3 is 2.24 bits per heavy atom. The number of aromatic amines is 1. The summed E-state index contributed by atoms with van der Waals surface area (Å²) in [6.45, 7) is 7.04. The third-order valence-electron chi connectivity index (χ3n) is 4.70. The molecule has 0 atom stereocenters. The average Bonchev–Trinajstić information content (AvgIpc) is 3.27. The van der Waals surface area contributed by atoms with Crippen LogP contribution in [0.15, 0.2) is 60.7 Å². The number of carbonyl (C=O) groups excluding carboxylic acids is 2. The summed E-state index contributed by atoms with van der Waals surface area (Å²) in [5, 5.41) is 6.82. The second kappa shape index (κ2) is 9.66. The van der Waals surface area contributed by atoms with Crippen molar-refractivity contribution >= 4 is 11.8 Å². The molecule has 0 spiro atoms. The van der Waals surface area contributed by atoms with E-state index in [1.54, 1.807) is 18.2 Å². The van der Waals surface area contributed by atoms with Crippen LogP contribution in [-0.2, 0) is 6.54 Å². The summed E-state index contributed by atoms with van der Waals surface area (Å²) in [5.41, 5.74) is 8.28. The van der Waals surface area contributed by atoms with E-state index in [-0.39, 0.29) is 11.6 Å². The van der Waals surface area contributed by atoms with Crippen molar-refractivity contribution in [3.05, 3.63) is 77.5 Å². The number of H-pyrrole nitrogens is 1. The van der Waals surface area contributed by atoms with Crippen molar-refractivity contribution < 1.29 is 9.59 Å². The molecule has 1 heterocycles. The van der Waals surface area contributed by atoms with Gasteiger partial charge in [-0.3, -0.25) is 30.4 Å². The maximum absolute atomic E-state index is 12.3. The highest BCUT2D eigenvalue weighted by molar-refractivity contribution is 5.98. The first kappa shape index (κ1) is 20.3. The van der Waals surface area contributed by atoms with Crippen molar-refractivity contribution in [3.63, 3.8) is 0 Å². The van der Waals surface area contributed by atoms with Gasteiger partial charge in [-0.05, 0) is 36.9 Å². The topological polar surface area (TPSA) is 90.1 Å². The van der Waals surface area contributed by atoms with Gasteiger partial charge < -0.3 is 0 Å². The van der Waals surface area contributed by atoms with Gasteiger partial charge in [-0.2, -0.15) is 5.10 Å². The molecule has 0 saturated carbocycles. The van der Waals surface area contributed by atoms with Crippen molar-refractivity contribution in [2.45, 2.75) is 20.4 Å². The first-order valence-corrected chi connectivity index (χ1v) is 9.63. The minimum absolute atomic E-state index is 0.263. The van der Waals surface area contributed by atoms with Crippen LogP contribution in [0.25, 0.3) is 11.3 Å². The fourth-order valence-electron chi connectivity index (χ4n) is 2.91. The zero-order valence-electron chi connectivity index (χ0n) is 16.6. The summed E-state index contributed by atoms with van der Waals surface area (Å²) >= 11 is 0. The van der Waals surface area contributed by atoms with Gasteiger partial charge in [-0.15, -0.1) is 0 Å². The van der Waals surface area contributed by atoms with Gasteiger partial charge in [0.25, 0.3) is 11.8 Å². The molecule has 3 rings (SSSR count). The van der Waals surface area contributed by atoms with Gasteiger partial charge in [0.2, 0.25) is 0 Å². The lowest BCUT2D eigenvalue weighted by molar-refractivity contribution is 0.0844. The average molecular weight is 391 g/mol. The molecule has 0 aliphatic heterocycles. The van der Waals surface area contributed by atoms with Crippen molar-refractivity contribution in [2.24, 2.45) is 0 Å². The minimum atomic E-state index is -0.466. The molecule has 1 aromatic heterocycles. The highest BCUT2D eigenvalue weighted by Crippen LogP contribution is 2.16. The summed E-state index contributed by atoms with van der Waals surface area (Å²) in [6, 6.07) is 18.5. The molecule has 0 aliphatic carbocycles. The molecular weight excluding hydrogens is 366 g/mol. The van der Waals surface area contributed by atoms with Crippen LogP contribution in [0.3, 0.4) is 0 Å². The molecule has 0 fully saturated rings. The van der Waals surface area contributed by atoms with Crippen LogP contribution in [0, 0.1) is 0 Å². The Labute approximate surface area is 170 Å². The molecule has 2 amide bonds. The van der Waals surface area contributed by atoms with E-state index in [1.165, 1.54) is 0 Å². The maximum Gasteiger partial charge on any atom is 0.287 e. The second-order valence-corrected chi connectivity index (χ2v) is 6.60. The van der Waals surface area contributed by atoms with Gasteiger partial charge in [0.05, 0.1) is 5.69 Å². The summed E-state index contributed by atoms with van der Waals surface area (Å²) in [5.74, 6) is -0.846. The van der Waals surface area contributed by atoms with Crippen LogP contribution in [0.4, 0.5) is 0 Å². The molecule has 0 unspecified atom stereocenters. The van der Waals surface area contributed by atoms with Crippen molar-refractivity contribution in [2.75, 3.05) is 13.1 Å². The number of hydrogen-bond acceptors (Lipinski definition) is 4. The van der Waals surface area contributed by atoms with E-state index in [2.05, 4.69) is 39.8 Å². The number of hydrogen-bond donors (Lipinski definition) is 3. The van der Waals surface area contributed by atoms with E-state index in [0.29, 0.717) is 11.3 Å². The van der Waals surface area contributed by atoms with E-state index in [9.17, 15) is 9.59 Å². The van der Waals surface area contributed by atoms with Crippen LogP contribution in [0.5, 0.6) is 0 Å². The van der Waals surface area contributed by atoms with Crippen LogP contribution in [-0.4, -0.2) is 40.0 Å². The zero-order valence-corrected chi connectivity index (χ0v) is 16.6. The van der Waals surface area contributed by atoms with Crippen LogP contribution >= 0.6 is 0 Å². The number of amides is 2. The van der Waals surface area contributed by atoms with E-state index in [1.807, 2.05) is 42.5 Å². The van der Waals surface area contributed by atoms with Crippen LogP contribution in [0.2, 0.25) is 0 Å². The van der Waals surface area contributed by atoms with Gasteiger partial charge in [-0.25, -0.2) is 0 Å². The minimum Gasteiger partial charge on any atom is -0.300 e. The molecule has 0 radical (unpaired) electrons. The van der Waals surface area contributed by atoms with E-state index >= 15 is 0 Å². The van der Waals surface area contributed by atoms with E-state index < -0.39 is 5.91 Å². The first-order chi connectivity index (χ1) is 14.1. The Bertz CT molecular complexity index is 947. The number of aromatic nitrogens is 2. The Balaban J connectivity index is 1.55. The third-order valence-corrected chi connectivity index (χ3v) is 4.70. The summed E-state index contributed by atoms with van der Waals surface area (Å²) < 4.78 is 0. The number of rotatable bonds is 7. The summed E-state index contributed by atoms with van der Waals surface area (Å²) in [7, 11) is 0. The lowest BCUT2D eigenvalue weighted by Gasteiger charge is -2.18. The highest BCUT2D eigenvalue weighted by Gasteiger charge is 2.13. The molecular formula is C22H25N5O2. The lowest BCUT2D eigenvalue weighted by Crippen LogP contribution is -2.41.